The monoisotopic (exact) mass is 303 g/mol. The van der Waals surface area contributed by atoms with E-state index in [0.29, 0.717) is 0 Å². The molecule has 3 aromatic carbocycles. The van der Waals surface area contributed by atoms with Gasteiger partial charge < -0.3 is 10.5 Å². The third-order valence-corrected chi connectivity index (χ3v) is 4.37. The number of benzene rings is 3. The summed E-state index contributed by atoms with van der Waals surface area (Å²) >= 11 is 0. The third kappa shape index (κ3) is 2.67. The van der Waals surface area contributed by atoms with Crippen molar-refractivity contribution in [2.75, 3.05) is 7.11 Å². The van der Waals surface area contributed by atoms with Gasteiger partial charge in [-0.05, 0) is 16.7 Å². The summed E-state index contributed by atoms with van der Waals surface area (Å²) < 4.78 is 5.66. The average molecular weight is 303 g/mol. The molecular weight excluding hydrogens is 282 g/mol. The Morgan fingerprint density at radius 3 is 1.22 bits per heavy atom. The minimum absolute atomic E-state index is 0.505. The van der Waals surface area contributed by atoms with E-state index in [9.17, 15) is 0 Å². The Bertz CT molecular complexity index is 629. The molecule has 0 heterocycles. The quantitative estimate of drug-likeness (QED) is 0.572. The largest absolute Gasteiger partial charge is 0.365 e. The highest BCUT2D eigenvalue weighted by Gasteiger charge is 2.42. The summed E-state index contributed by atoms with van der Waals surface area (Å²) in [5, 5.41) is 0. The van der Waals surface area contributed by atoms with Crippen LogP contribution in [-0.2, 0) is 10.2 Å². The van der Waals surface area contributed by atoms with Gasteiger partial charge in [0, 0.05) is 7.11 Å². The predicted octanol–water partition coefficient (Wildman–Crippen LogP) is 3.95. The lowest BCUT2D eigenvalue weighted by Gasteiger charge is -2.39. The lowest BCUT2D eigenvalue weighted by Crippen LogP contribution is -2.48. The van der Waals surface area contributed by atoms with Gasteiger partial charge in [-0.1, -0.05) is 91.0 Å². The highest BCUT2D eigenvalue weighted by Crippen LogP contribution is 2.41. The summed E-state index contributed by atoms with van der Waals surface area (Å²) in [7, 11) is 1.66. The molecule has 3 rings (SSSR count). The van der Waals surface area contributed by atoms with E-state index in [4.69, 9.17) is 10.5 Å². The maximum absolute atomic E-state index is 6.53. The lowest BCUT2D eigenvalue weighted by molar-refractivity contribution is 0.0674. The molecular formula is C21H21NO. The SMILES string of the molecule is COC(N)C(c1ccccc1)(c1ccccc1)c1ccccc1. The first-order chi connectivity index (χ1) is 11.3. The van der Waals surface area contributed by atoms with Crippen LogP contribution in [0.15, 0.2) is 91.0 Å². The van der Waals surface area contributed by atoms with Crippen LogP contribution in [0.5, 0.6) is 0 Å². The molecule has 0 amide bonds. The van der Waals surface area contributed by atoms with Gasteiger partial charge in [-0.15, -0.1) is 0 Å². The van der Waals surface area contributed by atoms with Crippen LogP contribution in [0.4, 0.5) is 0 Å². The molecule has 0 spiro atoms. The van der Waals surface area contributed by atoms with Crippen molar-refractivity contribution in [2.24, 2.45) is 5.73 Å². The van der Waals surface area contributed by atoms with E-state index in [1.165, 1.54) is 0 Å². The maximum atomic E-state index is 6.53. The van der Waals surface area contributed by atoms with Crippen molar-refractivity contribution in [2.45, 2.75) is 11.6 Å². The summed E-state index contributed by atoms with van der Waals surface area (Å²) in [6, 6.07) is 30.9. The number of hydrogen-bond acceptors (Lipinski definition) is 2. The van der Waals surface area contributed by atoms with Crippen molar-refractivity contribution in [3.8, 4) is 0 Å². The average Bonchev–Trinajstić information content (AvgIpc) is 2.65. The molecule has 0 radical (unpaired) electrons. The molecule has 3 aromatic rings. The zero-order valence-electron chi connectivity index (χ0n) is 13.2. The molecule has 2 nitrogen and oxygen atoms in total. The van der Waals surface area contributed by atoms with E-state index >= 15 is 0 Å². The highest BCUT2D eigenvalue weighted by atomic mass is 16.5. The minimum Gasteiger partial charge on any atom is -0.365 e. The zero-order valence-corrected chi connectivity index (χ0v) is 13.2. The van der Waals surface area contributed by atoms with Crippen molar-refractivity contribution in [3.63, 3.8) is 0 Å². The van der Waals surface area contributed by atoms with Gasteiger partial charge in [-0.25, -0.2) is 0 Å². The van der Waals surface area contributed by atoms with Crippen LogP contribution in [0, 0.1) is 0 Å². The molecule has 0 saturated carbocycles. The van der Waals surface area contributed by atoms with E-state index in [2.05, 4.69) is 36.4 Å². The van der Waals surface area contributed by atoms with Crippen molar-refractivity contribution in [1.29, 1.82) is 0 Å². The molecule has 23 heavy (non-hydrogen) atoms. The summed E-state index contributed by atoms with van der Waals surface area (Å²) in [6.45, 7) is 0. The van der Waals surface area contributed by atoms with Crippen molar-refractivity contribution >= 4 is 0 Å². The van der Waals surface area contributed by atoms with Crippen molar-refractivity contribution in [1.82, 2.24) is 0 Å². The molecule has 0 saturated heterocycles. The molecule has 1 atom stereocenters. The molecule has 0 bridgehead atoms. The zero-order chi connectivity index (χ0) is 16.1. The summed E-state index contributed by atoms with van der Waals surface area (Å²) in [5.41, 5.74) is 9.32. The summed E-state index contributed by atoms with van der Waals surface area (Å²) in [4.78, 5) is 0. The normalized spacial score (nSPS) is 12.8. The van der Waals surface area contributed by atoms with Crippen molar-refractivity contribution in [3.05, 3.63) is 108 Å². The first-order valence-corrected chi connectivity index (χ1v) is 7.75. The fraction of sp³-hybridized carbons (Fsp3) is 0.143. The van der Waals surface area contributed by atoms with Crippen LogP contribution < -0.4 is 5.73 Å². The molecule has 0 aromatic heterocycles. The first kappa shape index (κ1) is 15.5. The number of nitrogens with two attached hydrogens (primary N) is 1. The van der Waals surface area contributed by atoms with Gasteiger partial charge in [-0.2, -0.15) is 0 Å². The third-order valence-electron chi connectivity index (χ3n) is 4.37. The Labute approximate surface area is 137 Å². The Morgan fingerprint density at radius 1 is 0.652 bits per heavy atom. The number of methoxy groups -OCH3 is 1. The van der Waals surface area contributed by atoms with Crippen LogP contribution in [0.2, 0.25) is 0 Å². The summed E-state index contributed by atoms with van der Waals surface area (Å²) in [6.07, 6.45) is -0.505. The van der Waals surface area contributed by atoms with Crippen LogP contribution in [0.25, 0.3) is 0 Å². The number of hydrogen-bond donors (Lipinski definition) is 1. The Hall–Kier alpha value is -2.42. The van der Waals surface area contributed by atoms with E-state index in [-0.39, 0.29) is 0 Å². The maximum Gasteiger partial charge on any atom is 0.123 e. The van der Waals surface area contributed by atoms with E-state index < -0.39 is 11.6 Å². The van der Waals surface area contributed by atoms with Gasteiger partial charge in [0.15, 0.2) is 0 Å². The van der Waals surface area contributed by atoms with Gasteiger partial charge in [-0.3, -0.25) is 0 Å². The van der Waals surface area contributed by atoms with Gasteiger partial charge in [0.25, 0.3) is 0 Å². The van der Waals surface area contributed by atoms with E-state index in [1.807, 2.05) is 54.6 Å². The van der Waals surface area contributed by atoms with Gasteiger partial charge in [0.2, 0.25) is 0 Å². The second-order valence-electron chi connectivity index (χ2n) is 5.56. The Balaban J connectivity index is 2.35. The second kappa shape index (κ2) is 6.78. The smallest absolute Gasteiger partial charge is 0.123 e. The topological polar surface area (TPSA) is 35.2 Å². The number of rotatable bonds is 5. The number of ether oxygens (including phenoxy) is 1. The van der Waals surface area contributed by atoms with Crippen LogP contribution in [0.1, 0.15) is 16.7 Å². The molecule has 0 fully saturated rings. The fourth-order valence-electron chi connectivity index (χ4n) is 3.27. The minimum atomic E-state index is -0.557. The van der Waals surface area contributed by atoms with Crippen LogP contribution in [0.3, 0.4) is 0 Å². The molecule has 116 valence electrons. The van der Waals surface area contributed by atoms with Gasteiger partial charge in [0.05, 0.1) is 5.41 Å². The molecule has 0 aliphatic carbocycles. The molecule has 2 heteroatoms. The molecule has 0 aliphatic rings. The lowest BCUT2D eigenvalue weighted by atomic mass is 9.68. The fourth-order valence-corrected chi connectivity index (χ4v) is 3.27. The summed E-state index contributed by atoms with van der Waals surface area (Å²) in [5.74, 6) is 0. The Kier molecular flexibility index (Phi) is 4.56. The standard InChI is InChI=1S/C21H21NO/c1-23-20(22)21(17-11-5-2-6-12-17,18-13-7-3-8-14-18)19-15-9-4-10-16-19/h2-16,20H,22H2,1H3. The van der Waals surface area contributed by atoms with Gasteiger partial charge >= 0.3 is 0 Å². The van der Waals surface area contributed by atoms with E-state index in [1.54, 1.807) is 7.11 Å². The molecule has 1 unspecified atom stereocenters. The van der Waals surface area contributed by atoms with E-state index in [0.717, 1.165) is 16.7 Å². The second-order valence-corrected chi connectivity index (χ2v) is 5.56. The van der Waals surface area contributed by atoms with Crippen molar-refractivity contribution < 1.29 is 4.74 Å². The molecule has 2 N–H and O–H groups in total. The van der Waals surface area contributed by atoms with Gasteiger partial charge in [0.1, 0.15) is 6.23 Å². The first-order valence-electron chi connectivity index (χ1n) is 7.75. The Morgan fingerprint density at radius 2 is 0.957 bits per heavy atom. The predicted molar refractivity (Wildman–Crippen MR) is 94.2 cm³/mol. The molecule has 0 aliphatic heterocycles. The highest BCUT2D eigenvalue weighted by molar-refractivity contribution is 5.51. The van der Waals surface area contributed by atoms with Crippen LogP contribution >= 0.6 is 0 Å². The van der Waals surface area contributed by atoms with Crippen LogP contribution in [-0.4, -0.2) is 13.3 Å².